The third-order valence-electron chi connectivity index (χ3n) is 0.743. The van der Waals surface area contributed by atoms with Gasteiger partial charge in [-0.15, -0.1) is 5.75 Å². The summed E-state index contributed by atoms with van der Waals surface area (Å²) < 4.78 is 0. The molecule has 0 spiro atoms. The first kappa shape index (κ1) is 45.5. The maximum atomic E-state index is 10.3. The zero-order chi connectivity index (χ0) is 5.11. The summed E-state index contributed by atoms with van der Waals surface area (Å²) in [5.74, 6) is 0.0718. The van der Waals surface area contributed by atoms with Crippen molar-refractivity contribution in [1.82, 2.24) is 0 Å². The molecule has 0 amide bonds. The molecule has 0 aliphatic rings. The minimum Gasteiger partial charge on any atom is -0.872 e. The Balaban J connectivity index is -0.0000000140. The maximum absolute atomic E-state index is 10.3. The monoisotopic (exact) mass is 229 g/mol. The summed E-state index contributed by atoms with van der Waals surface area (Å²) in [5.41, 5.74) is 0. The molecular weight excluding hydrogens is 217 g/mol. The molecule has 0 aliphatic carbocycles. The van der Waals surface area contributed by atoms with E-state index in [1.54, 1.807) is 12.1 Å². The van der Waals surface area contributed by atoms with Crippen molar-refractivity contribution in [1.29, 1.82) is 0 Å². The van der Waals surface area contributed by atoms with Gasteiger partial charge in [0.1, 0.15) is 0 Å². The molecule has 0 fully saturated rings. The van der Waals surface area contributed by atoms with Gasteiger partial charge in [-0.3, -0.25) is 0 Å². The number of hydrogen-bond donors (Lipinski definition) is 0. The molecule has 2 N–H and O–H groups in total. The Morgan fingerprint density at radius 2 is 1.00 bits per heavy atom. The molecule has 0 bridgehead atoms. The van der Waals surface area contributed by atoms with Crippen molar-refractivity contribution in [2.75, 3.05) is 0 Å². The van der Waals surface area contributed by atoms with E-state index in [0.29, 0.717) is 0 Å². The molecule has 6 heteroatoms. The van der Waals surface area contributed by atoms with Gasteiger partial charge in [0, 0.05) is 0 Å². The molecule has 1 rings (SSSR count). The molecule has 0 aromatic heterocycles. The largest absolute Gasteiger partial charge is 2.00 e. The van der Waals surface area contributed by atoms with E-state index in [4.69, 9.17) is 0 Å². The van der Waals surface area contributed by atoms with E-state index in [-0.39, 0.29) is 101 Å². The van der Waals surface area contributed by atoms with Crippen molar-refractivity contribution in [3.8, 4) is 5.75 Å². The average Bonchev–Trinajstić information content (AvgIpc) is 1.69. The third kappa shape index (κ3) is 23.2. The van der Waals surface area contributed by atoms with Crippen LogP contribution in [0.3, 0.4) is 0 Å². The van der Waals surface area contributed by atoms with Crippen LogP contribution in [0.4, 0.5) is 0 Å². The number of benzene rings is 1. The smallest absolute Gasteiger partial charge is 0.872 e. The fourth-order valence-corrected chi connectivity index (χ4v) is 0.420. The van der Waals surface area contributed by atoms with Crippen molar-refractivity contribution in [2.24, 2.45) is 0 Å². The molecule has 0 aliphatic heterocycles. The van der Waals surface area contributed by atoms with Crippen molar-refractivity contribution in [3.63, 3.8) is 0 Å². The topological polar surface area (TPSA) is 83.1 Å². The van der Waals surface area contributed by atoms with E-state index >= 15 is 0 Å². The molecule has 3 nitrogen and oxygen atoms in total. The Bertz CT molecular complexity index is 150. The molecule has 0 radical (unpaired) electrons. The SMILES string of the molecule is [CH3-].[CH3-].[Mg+2].[Mg+2].[Mg+2].[O-]c1ccccc1.[OH-].[OH-]. The van der Waals surface area contributed by atoms with Gasteiger partial charge >= 0.3 is 69.2 Å². The summed E-state index contributed by atoms with van der Waals surface area (Å²) in [5, 5.41) is 10.3. The Labute approximate surface area is 135 Å². The van der Waals surface area contributed by atoms with Crippen LogP contribution in [0.15, 0.2) is 30.3 Å². The van der Waals surface area contributed by atoms with Crippen LogP contribution in [-0.2, 0) is 0 Å². The number of para-hydroxylation sites is 1. The first-order valence-corrected chi connectivity index (χ1v) is 2.11. The van der Waals surface area contributed by atoms with Gasteiger partial charge in [-0.05, 0) is 0 Å². The van der Waals surface area contributed by atoms with Crippen LogP contribution < -0.4 is 5.11 Å². The van der Waals surface area contributed by atoms with E-state index in [1.807, 2.05) is 6.07 Å². The fourth-order valence-electron chi connectivity index (χ4n) is 0.420. The van der Waals surface area contributed by atoms with Crippen LogP contribution in [0.2, 0.25) is 0 Å². The normalized spacial score (nSPS) is 4.29. The molecule has 14 heavy (non-hydrogen) atoms. The minimum atomic E-state index is 0. The molecule has 0 unspecified atom stereocenters. The second-order valence-corrected chi connectivity index (χ2v) is 1.31. The van der Waals surface area contributed by atoms with Gasteiger partial charge in [-0.1, -0.05) is 30.3 Å². The van der Waals surface area contributed by atoms with Crippen molar-refractivity contribution in [3.05, 3.63) is 45.2 Å². The molecule has 0 saturated heterocycles. The zero-order valence-electron chi connectivity index (χ0n) is 8.81. The Kier molecular flexibility index (Phi) is 95.1. The second kappa shape index (κ2) is 29.2. The van der Waals surface area contributed by atoms with Crippen molar-refractivity contribution < 1.29 is 16.1 Å². The predicted octanol–water partition coefficient (Wildman–Crippen LogP) is 0.165. The maximum Gasteiger partial charge on any atom is 2.00 e. The van der Waals surface area contributed by atoms with Gasteiger partial charge in [0.25, 0.3) is 0 Å². The summed E-state index contributed by atoms with van der Waals surface area (Å²) in [6.07, 6.45) is 0. The molecule has 68 valence electrons. The first-order chi connectivity index (χ1) is 3.39. The quantitative estimate of drug-likeness (QED) is 0.470. The third-order valence-corrected chi connectivity index (χ3v) is 0.743. The van der Waals surface area contributed by atoms with E-state index < -0.39 is 0 Å². The van der Waals surface area contributed by atoms with Crippen molar-refractivity contribution in [2.45, 2.75) is 0 Å². The van der Waals surface area contributed by atoms with Crippen LogP contribution >= 0.6 is 0 Å². The van der Waals surface area contributed by atoms with Crippen LogP contribution in [0.5, 0.6) is 5.75 Å². The summed E-state index contributed by atoms with van der Waals surface area (Å²) in [7, 11) is 0. The van der Waals surface area contributed by atoms with E-state index in [0.717, 1.165) is 0 Å². The number of rotatable bonds is 0. The average molecular weight is 230 g/mol. The summed E-state index contributed by atoms with van der Waals surface area (Å²) >= 11 is 0. The Morgan fingerprint density at radius 3 is 1.14 bits per heavy atom. The summed E-state index contributed by atoms with van der Waals surface area (Å²) in [4.78, 5) is 0. The molecule has 0 atom stereocenters. The molecule has 0 saturated carbocycles. The molecular formula is C8H13Mg3O3+. The van der Waals surface area contributed by atoms with Crippen LogP contribution in [-0.4, -0.2) is 80.1 Å². The minimum absolute atomic E-state index is 0. The second-order valence-electron chi connectivity index (χ2n) is 1.31. The summed E-state index contributed by atoms with van der Waals surface area (Å²) in [6.45, 7) is 0. The first-order valence-electron chi connectivity index (χ1n) is 2.11. The predicted molar refractivity (Wildman–Crippen MR) is 59.8 cm³/mol. The standard InChI is InChI=1S/C6H6O.2CH3.3Mg.2H2O/c7-6-4-2-1-3-5-6;;;;;;;/h1-5,7H;2*1H3;;;;2*1H2/q;2*-1;3*+2;;/p-3. The molecule has 1 aromatic rings. The van der Waals surface area contributed by atoms with Crippen LogP contribution in [0, 0.1) is 14.9 Å². The van der Waals surface area contributed by atoms with Gasteiger partial charge in [-0.25, -0.2) is 0 Å². The van der Waals surface area contributed by atoms with Crippen LogP contribution in [0.25, 0.3) is 0 Å². The Morgan fingerprint density at radius 1 is 0.714 bits per heavy atom. The van der Waals surface area contributed by atoms with Gasteiger partial charge in [0.05, 0.1) is 0 Å². The fraction of sp³-hybridized carbons (Fsp3) is 0. The molecule has 1 aromatic carbocycles. The van der Waals surface area contributed by atoms with E-state index in [2.05, 4.69) is 0 Å². The van der Waals surface area contributed by atoms with E-state index in [9.17, 15) is 5.11 Å². The van der Waals surface area contributed by atoms with E-state index in [1.165, 1.54) is 12.1 Å². The van der Waals surface area contributed by atoms with Gasteiger partial charge in [0.15, 0.2) is 0 Å². The van der Waals surface area contributed by atoms with Crippen LogP contribution in [0.1, 0.15) is 0 Å². The summed E-state index contributed by atoms with van der Waals surface area (Å²) in [6, 6.07) is 8.33. The molecule has 0 heterocycles. The zero-order valence-corrected chi connectivity index (χ0v) is 13.1. The number of hydrogen-bond acceptors (Lipinski definition) is 3. The van der Waals surface area contributed by atoms with Crippen molar-refractivity contribution >= 4 is 69.2 Å². The van der Waals surface area contributed by atoms with Gasteiger partial charge in [0.2, 0.25) is 0 Å². The Hall–Kier alpha value is 1.24. The van der Waals surface area contributed by atoms with Gasteiger partial charge < -0.3 is 30.9 Å². The van der Waals surface area contributed by atoms with Gasteiger partial charge in [-0.2, -0.15) is 0 Å².